The van der Waals surface area contributed by atoms with Crippen molar-refractivity contribution >= 4 is 11.8 Å². The SMILES string of the molecule is Cc1cc(NC(=O)N[C@H](C)c2ccc3c(c2)OCCO3)no1. The average molecular weight is 303 g/mol. The lowest BCUT2D eigenvalue weighted by atomic mass is 10.1. The number of nitrogens with zero attached hydrogens (tertiary/aromatic N) is 1. The number of amides is 2. The Hall–Kier alpha value is -2.70. The number of ether oxygens (including phenoxy) is 2. The monoisotopic (exact) mass is 303 g/mol. The van der Waals surface area contributed by atoms with Crippen molar-refractivity contribution in [1.82, 2.24) is 10.5 Å². The van der Waals surface area contributed by atoms with E-state index in [1.54, 1.807) is 13.0 Å². The molecule has 7 nitrogen and oxygen atoms in total. The number of hydrogen-bond donors (Lipinski definition) is 2. The molecule has 3 rings (SSSR count). The van der Waals surface area contributed by atoms with Gasteiger partial charge in [-0.25, -0.2) is 4.79 Å². The number of fused-ring (bicyclic) bond motifs is 1. The van der Waals surface area contributed by atoms with Gasteiger partial charge in [0.25, 0.3) is 0 Å². The third kappa shape index (κ3) is 3.13. The summed E-state index contributed by atoms with van der Waals surface area (Å²) in [5.74, 6) is 2.44. The molecule has 22 heavy (non-hydrogen) atoms. The van der Waals surface area contributed by atoms with Crippen LogP contribution in [0.5, 0.6) is 11.5 Å². The highest BCUT2D eigenvalue weighted by Gasteiger charge is 2.16. The summed E-state index contributed by atoms with van der Waals surface area (Å²) in [6, 6.07) is 6.73. The second-order valence-electron chi connectivity index (χ2n) is 5.05. The molecular weight excluding hydrogens is 286 g/mol. The van der Waals surface area contributed by atoms with Gasteiger partial charge in [0.2, 0.25) is 0 Å². The van der Waals surface area contributed by atoms with E-state index in [4.69, 9.17) is 14.0 Å². The van der Waals surface area contributed by atoms with Crippen molar-refractivity contribution in [3.8, 4) is 11.5 Å². The fourth-order valence-corrected chi connectivity index (χ4v) is 2.19. The average Bonchev–Trinajstić information content (AvgIpc) is 2.91. The molecule has 1 aromatic carbocycles. The number of nitrogens with one attached hydrogen (secondary N) is 2. The van der Waals surface area contributed by atoms with Gasteiger partial charge in [0.05, 0.1) is 6.04 Å². The fourth-order valence-electron chi connectivity index (χ4n) is 2.19. The highest BCUT2D eigenvalue weighted by molar-refractivity contribution is 5.88. The van der Waals surface area contributed by atoms with Crippen LogP contribution < -0.4 is 20.1 Å². The molecule has 0 radical (unpaired) electrons. The molecule has 0 bridgehead atoms. The van der Waals surface area contributed by atoms with Crippen LogP contribution in [0.1, 0.15) is 24.3 Å². The summed E-state index contributed by atoms with van der Waals surface area (Å²) in [6.07, 6.45) is 0. The first-order valence-electron chi connectivity index (χ1n) is 7.02. The zero-order valence-corrected chi connectivity index (χ0v) is 12.4. The number of carbonyl (C=O) groups excluding carboxylic acids is 1. The topological polar surface area (TPSA) is 85.6 Å². The van der Waals surface area contributed by atoms with Crippen LogP contribution in [0.3, 0.4) is 0 Å². The Morgan fingerprint density at radius 2 is 2.00 bits per heavy atom. The van der Waals surface area contributed by atoms with Crippen LogP contribution in [0.15, 0.2) is 28.8 Å². The predicted molar refractivity (Wildman–Crippen MR) is 79.2 cm³/mol. The van der Waals surface area contributed by atoms with Crippen LogP contribution in [0.25, 0.3) is 0 Å². The molecule has 1 aliphatic heterocycles. The van der Waals surface area contributed by atoms with Crippen LogP contribution in [-0.2, 0) is 0 Å². The van der Waals surface area contributed by atoms with Gasteiger partial charge in [-0.3, -0.25) is 5.32 Å². The van der Waals surface area contributed by atoms with Crippen LogP contribution in [0.2, 0.25) is 0 Å². The molecular formula is C15H17N3O4. The number of urea groups is 1. The normalized spacial score (nSPS) is 14.3. The molecule has 0 unspecified atom stereocenters. The number of benzene rings is 1. The van der Waals surface area contributed by atoms with Crippen molar-refractivity contribution in [1.29, 1.82) is 0 Å². The third-order valence-electron chi connectivity index (χ3n) is 3.28. The van der Waals surface area contributed by atoms with E-state index in [1.807, 2.05) is 25.1 Å². The fraction of sp³-hybridized carbons (Fsp3) is 0.333. The van der Waals surface area contributed by atoms with E-state index >= 15 is 0 Å². The smallest absolute Gasteiger partial charge is 0.320 e. The maximum Gasteiger partial charge on any atom is 0.320 e. The van der Waals surface area contributed by atoms with Crippen LogP contribution >= 0.6 is 0 Å². The first-order valence-corrected chi connectivity index (χ1v) is 7.02. The molecule has 0 saturated carbocycles. The number of carbonyl (C=O) groups is 1. The maximum absolute atomic E-state index is 11.9. The van der Waals surface area contributed by atoms with Crippen molar-refractivity contribution in [2.75, 3.05) is 18.5 Å². The Balaban J connectivity index is 1.63. The van der Waals surface area contributed by atoms with E-state index in [0.29, 0.717) is 30.5 Å². The van der Waals surface area contributed by atoms with Gasteiger partial charge in [0, 0.05) is 6.07 Å². The van der Waals surface area contributed by atoms with Gasteiger partial charge in [0.15, 0.2) is 17.3 Å². The van der Waals surface area contributed by atoms with Crippen molar-refractivity contribution in [3.05, 3.63) is 35.6 Å². The lowest BCUT2D eigenvalue weighted by molar-refractivity contribution is 0.171. The third-order valence-corrected chi connectivity index (χ3v) is 3.28. The Morgan fingerprint density at radius 3 is 2.73 bits per heavy atom. The molecule has 2 amide bonds. The zero-order chi connectivity index (χ0) is 15.5. The minimum Gasteiger partial charge on any atom is -0.486 e. The first-order chi connectivity index (χ1) is 10.6. The Labute approximate surface area is 127 Å². The number of hydrogen-bond acceptors (Lipinski definition) is 5. The highest BCUT2D eigenvalue weighted by Crippen LogP contribution is 2.32. The molecule has 1 aromatic heterocycles. The van der Waals surface area contributed by atoms with Crippen molar-refractivity contribution in [2.45, 2.75) is 19.9 Å². The van der Waals surface area contributed by atoms with Gasteiger partial charge >= 0.3 is 6.03 Å². The van der Waals surface area contributed by atoms with Gasteiger partial charge < -0.3 is 19.3 Å². The highest BCUT2D eigenvalue weighted by atomic mass is 16.6. The van der Waals surface area contributed by atoms with Gasteiger partial charge in [-0.2, -0.15) is 0 Å². The van der Waals surface area contributed by atoms with Gasteiger partial charge in [0.1, 0.15) is 19.0 Å². The molecule has 1 atom stereocenters. The number of aryl methyl sites for hydroxylation is 1. The summed E-state index contributed by atoms with van der Waals surface area (Å²) in [7, 11) is 0. The molecule has 0 fully saturated rings. The first kappa shape index (κ1) is 14.2. The van der Waals surface area contributed by atoms with E-state index in [0.717, 1.165) is 11.3 Å². The quantitative estimate of drug-likeness (QED) is 0.910. The molecule has 2 aromatic rings. The summed E-state index contributed by atoms with van der Waals surface area (Å²) in [5, 5.41) is 9.16. The molecule has 2 N–H and O–H groups in total. The number of aromatic nitrogens is 1. The Bertz CT molecular complexity index is 683. The summed E-state index contributed by atoms with van der Waals surface area (Å²) in [5.41, 5.74) is 0.927. The lowest BCUT2D eigenvalue weighted by Gasteiger charge is -2.21. The molecule has 0 aliphatic carbocycles. The largest absolute Gasteiger partial charge is 0.486 e. The van der Waals surface area contributed by atoms with Gasteiger partial charge in [-0.1, -0.05) is 11.2 Å². The molecule has 2 heterocycles. The molecule has 1 aliphatic rings. The predicted octanol–water partition coefficient (Wildman–Crippen LogP) is 2.64. The Morgan fingerprint density at radius 1 is 1.23 bits per heavy atom. The second-order valence-corrected chi connectivity index (χ2v) is 5.05. The van der Waals surface area contributed by atoms with Crippen LogP contribution in [0.4, 0.5) is 10.6 Å². The standard InChI is InChI=1S/C15H17N3O4/c1-9-7-14(18-22-9)17-15(19)16-10(2)11-3-4-12-13(8-11)21-6-5-20-12/h3-4,7-8,10H,5-6H2,1-2H3,(H2,16,17,18,19)/t10-/m1/s1. The zero-order valence-electron chi connectivity index (χ0n) is 12.4. The lowest BCUT2D eigenvalue weighted by Crippen LogP contribution is -2.31. The van der Waals surface area contributed by atoms with Crippen LogP contribution in [0, 0.1) is 6.92 Å². The van der Waals surface area contributed by atoms with Crippen molar-refractivity contribution in [2.24, 2.45) is 0 Å². The molecule has 0 spiro atoms. The van der Waals surface area contributed by atoms with E-state index in [9.17, 15) is 4.79 Å². The molecule has 7 heteroatoms. The minimum atomic E-state index is -0.351. The number of rotatable bonds is 3. The molecule has 0 saturated heterocycles. The van der Waals surface area contributed by atoms with Gasteiger partial charge in [-0.05, 0) is 31.5 Å². The van der Waals surface area contributed by atoms with E-state index in [-0.39, 0.29) is 12.1 Å². The summed E-state index contributed by atoms with van der Waals surface area (Å²) < 4.78 is 15.9. The maximum atomic E-state index is 11.9. The minimum absolute atomic E-state index is 0.191. The summed E-state index contributed by atoms with van der Waals surface area (Å²) in [6.45, 7) is 4.73. The number of anilines is 1. The van der Waals surface area contributed by atoms with E-state index in [2.05, 4.69) is 15.8 Å². The van der Waals surface area contributed by atoms with Gasteiger partial charge in [-0.15, -0.1) is 0 Å². The van der Waals surface area contributed by atoms with E-state index in [1.165, 1.54) is 0 Å². The summed E-state index contributed by atoms with van der Waals surface area (Å²) >= 11 is 0. The molecule has 116 valence electrons. The van der Waals surface area contributed by atoms with Crippen molar-refractivity contribution < 1.29 is 18.8 Å². The van der Waals surface area contributed by atoms with Crippen LogP contribution in [-0.4, -0.2) is 24.4 Å². The van der Waals surface area contributed by atoms with E-state index < -0.39 is 0 Å². The second kappa shape index (κ2) is 5.97. The van der Waals surface area contributed by atoms with Crippen molar-refractivity contribution in [3.63, 3.8) is 0 Å². The Kier molecular flexibility index (Phi) is 3.86. The summed E-state index contributed by atoms with van der Waals surface area (Å²) in [4.78, 5) is 11.9.